The summed E-state index contributed by atoms with van der Waals surface area (Å²) in [5, 5.41) is 4.59. The average molecular weight is 480 g/mol. The van der Waals surface area contributed by atoms with Gasteiger partial charge >= 0.3 is 0 Å². The summed E-state index contributed by atoms with van der Waals surface area (Å²) < 4.78 is 31.4. The van der Waals surface area contributed by atoms with Crippen molar-refractivity contribution >= 4 is 21.8 Å². The fourth-order valence-electron chi connectivity index (χ4n) is 4.17. The van der Waals surface area contributed by atoms with Crippen LogP contribution in [0.4, 0.5) is 0 Å². The predicted octanol–water partition coefficient (Wildman–Crippen LogP) is 4.32. The van der Waals surface area contributed by atoms with Crippen LogP contribution in [0.1, 0.15) is 35.0 Å². The molecular weight excluding hydrogens is 450 g/mol. The molecular formula is C26H29N3O4S. The lowest BCUT2D eigenvalue weighted by atomic mass is 10.1. The number of aromatic nitrogens is 2. The monoisotopic (exact) mass is 479 g/mol. The van der Waals surface area contributed by atoms with E-state index in [-0.39, 0.29) is 23.5 Å². The van der Waals surface area contributed by atoms with E-state index in [0.717, 1.165) is 28.3 Å². The van der Waals surface area contributed by atoms with Crippen LogP contribution in [0, 0.1) is 13.8 Å². The minimum absolute atomic E-state index is 0.124. The number of carbonyl (C=O) groups excluding carboxylic acids is 1. The number of ether oxygens (including phenoxy) is 1. The van der Waals surface area contributed by atoms with Crippen LogP contribution in [-0.2, 0) is 21.2 Å². The van der Waals surface area contributed by atoms with Crippen molar-refractivity contribution in [3.63, 3.8) is 0 Å². The number of likely N-dealkylation sites (N-methyl/N-ethyl adjacent to an activating group) is 1. The quantitative estimate of drug-likeness (QED) is 0.472. The topological polar surface area (TPSA) is 81.5 Å². The highest BCUT2D eigenvalue weighted by molar-refractivity contribution is 7.91. The number of sulfone groups is 1. The first-order chi connectivity index (χ1) is 16.2. The van der Waals surface area contributed by atoms with Crippen molar-refractivity contribution < 1.29 is 17.9 Å². The molecule has 1 unspecified atom stereocenters. The van der Waals surface area contributed by atoms with Crippen molar-refractivity contribution in [2.45, 2.75) is 32.9 Å². The van der Waals surface area contributed by atoms with Crippen molar-refractivity contribution in [1.82, 2.24) is 14.7 Å². The molecule has 0 spiro atoms. The van der Waals surface area contributed by atoms with E-state index in [2.05, 4.69) is 5.10 Å². The minimum atomic E-state index is -3.00. The molecule has 1 amide bonds. The van der Waals surface area contributed by atoms with Crippen molar-refractivity contribution in [2.24, 2.45) is 0 Å². The highest BCUT2D eigenvalue weighted by atomic mass is 32.2. The second-order valence-electron chi connectivity index (χ2n) is 8.67. The van der Waals surface area contributed by atoms with Gasteiger partial charge in [-0.1, -0.05) is 30.3 Å². The number of nitrogens with zero attached hydrogens (tertiary/aromatic N) is 3. The molecule has 1 aromatic heterocycles. The fraction of sp³-hybridized carbons (Fsp3) is 0.308. The number of amides is 1. The van der Waals surface area contributed by atoms with Gasteiger partial charge in [-0.3, -0.25) is 9.48 Å². The van der Waals surface area contributed by atoms with Crippen molar-refractivity contribution in [3.05, 3.63) is 83.2 Å². The van der Waals surface area contributed by atoms with Gasteiger partial charge in [0.15, 0.2) is 9.84 Å². The van der Waals surface area contributed by atoms with Gasteiger partial charge in [0.2, 0.25) is 5.91 Å². The normalized spacial score (nSPS) is 17.2. The zero-order valence-electron chi connectivity index (χ0n) is 19.6. The molecule has 1 aliphatic rings. The molecule has 1 atom stereocenters. The summed E-state index contributed by atoms with van der Waals surface area (Å²) in [5.74, 6) is 1.64. The molecule has 2 heterocycles. The zero-order valence-corrected chi connectivity index (χ0v) is 20.5. The third-order valence-electron chi connectivity index (χ3n) is 6.06. The van der Waals surface area contributed by atoms with Crippen LogP contribution in [0.3, 0.4) is 0 Å². The Balaban J connectivity index is 1.41. The Bertz CT molecular complexity index is 1310. The molecule has 0 aliphatic carbocycles. The van der Waals surface area contributed by atoms with E-state index in [4.69, 9.17) is 4.74 Å². The van der Waals surface area contributed by atoms with E-state index >= 15 is 0 Å². The second-order valence-corrected chi connectivity index (χ2v) is 10.9. The lowest BCUT2D eigenvalue weighted by molar-refractivity contribution is -0.125. The maximum absolute atomic E-state index is 12.8. The van der Waals surface area contributed by atoms with Gasteiger partial charge in [-0.05, 0) is 56.2 Å². The van der Waals surface area contributed by atoms with Gasteiger partial charge in [0.1, 0.15) is 11.5 Å². The van der Waals surface area contributed by atoms with Crippen molar-refractivity contribution in [1.29, 1.82) is 0 Å². The Morgan fingerprint density at radius 3 is 2.59 bits per heavy atom. The molecule has 0 bridgehead atoms. The maximum atomic E-state index is 12.8. The van der Waals surface area contributed by atoms with Gasteiger partial charge in [0.05, 0.1) is 23.2 Å². The van der Waals surface area contributed by atoms with Gasteiger partial charge in [0.25, 0.3) is 0 Å². The summed E-state index contributed by atoms with van der Waals surface area (Å²) in [4.78, 5) is 14.4. The summed E-state index contributed by atoms with van der Waals surface area (Å²) in [6.45, 7) is 4.23. The lowest BCUT2D eigenvalue weighted by Gasteiger charge is -2.16. The molecule has 4 rings (SSSR count). The summed E-state index contributed by atoms with van der Waals surface area (Å²) >= 11 is 0. The Morgan fingerprint density at radius 1 is 1.15 bits per heavy atom. The Hall–Kier alpha value is -3.39. The third-order valence-corrected chi connectivity index (χ3v) is 7.81. The van der Waals surface area contributed by atoms with Gasteiger partial charge in [-0.25, -0.2) is 8.42 Å². The lowest BCUT2D eigenvalue weighted by Crippen LogP contribution is -2.24. The Labute approximate surface area is 200 Å². The number of hydrogen-bond donors (Lipinski definition) is 0. The van der Waals surface area contributed by atoms with Gasteiger partial charge in [-0.15, -0.1) is 0 Å². The van der Waals surface area contributed by atoms with Crippen LogP contribution in [-0.4, -0.2) is 47.6 Å². The van der Waals surface area contributed by atoms with Crippen LogP contribution in [0.5, 0.6) is 11.5 Å². The Morgan fingerprint density at radius 2 is 1.88 bits per heavy atom. The summed E-state index contributed by atoms with van der Waals surface area (Å²) in [5.41, 5.74) is 3.54. The second kappa shape index (κ2) is 9.85. The average Bonchev–Trinajstić information content (AvgIpc) is 3.31. The maximum Gasteiger partial charge on any atom is 0.246 e. The van der Waals surface area contributed by atoms with Crippen LogP contribution < -0.4 is 4.74 Å². The first-order valence-electron chi connectivity index (χ1n) is 11.2. The molecule has 1 saturated heterocycles. The number of rotatable bonds is 7. The van der Waals surface area contributed by atoms with E-state index < -0.39 is 9.84 Å². The van der Waals surface area contributed by atoms with E-state index in [1.54, 1.807) is 24.1 Å². The molecule has 34 heavy (non-hydrogen) atoms. The van der Waals surface area contributed by atoms with E-state index in [1.807, 2.05) is 73.1 Å². The number of hydrogen-bond acceptors (Lipinski definition) is 5. The van der Waals surface area contributed by atoms with Crippen LogP contribution in [0.15, 0.2) is 60.7 Å². The molecule has 2 aromatic carbocycles. The SMILES string of the molecule is Cc1nn(C2CCS(=O)(=O)C2)c(C)c1CN(C)C(=O)C=Cc1cccc(Oc2ccccc2)c1. The fourth-order valence-corrected chi connectivity index (χ4v) is 5.86. The smallest absolute Gasteiger partial charge is 0.246 e. The van der Waals surface area contributed by atoms with Gasteiger partial charge in [0, 0.05) is 30.9 Å². The summed E-state index contributed by atoms with van der Waals surface area (Å²) in [6, 6.07) is 16.9. The van der Waals surface area contributed by atoms with Crippen molar-refractivity contribution in [3.8, 4) is 11.5 Å². The number of para-hydroxylation sites is 1. The van der Waals surface area contributed by atoms with Crippen LogP contribution in [0.2, 0.25) is 0 Å². The summed E-state index contributed by atoms with van der Waals surface area (Å²) in [6.07, 6.45) is 3.89. The highest BCUT2D eigenvalue weighted by Crippen LogP contribution is 2.27. The number of aryl methyl sites for hydroxylation is 1. The summed E-state index contributed by atoms with van der Waals surface area (Å²) in [7, 11) is -1.25. The van der Waals surface area contributed by atoms with Crippen LogP contribution >= 0.6 is 0 Å². The molecule has 3 aromatic rings. The first-order valence-corrected chi connectivity index (χ1v) is 13.0. The van der Waals surface area contributed by atoms with Crippen LogP contribution in [0.25, 0.3) is 6.08 Å². The zero-order chi connectivity index (χ0) is 24.3. The van der Waals surface area contributed by atoms with E-state index in [0.29, 0.717) is 18.7 Å². The molecule has 1 fully saturated rings. The first kappa shape index (κ1) is 23.8. The molecule has 0 radical (unpaired) electrons. The Kier molecular flexibility index (Phi) is 6.88. The molecule has 7 nitrogen and oxygen atoms in total. The number of benzene rings is 2. The van der Waals surface area contributed by atoms with E-state index in [9.17, 15) is 13.2 Å². The van der Waals surface area contributed by atoms with E-state index in [1.165, 1.54) is 0 Å². The van der Waals surface area contributed by atoms with Gasteiger partial charge < -0.3 is 9.64 Å². The standard InChI is InChI=1S/C26H29N3O4S/c1-19-25(20(2)29(27-19)22-14-15-34(31,32)18-22)17-28(3)26(30)13-12-21-8-7-11-24(16-21)33-23-9-5-4-6-10-23/h4-13,16,22H,14-15,17-18H2,1-3H3. The molecule has 178 valence electrons. The van der Waals surface area contributed by atoms with Gasteiger partial charge in [-0.2, -0.15) is 5.10 Å². The minimum Gasteiger partial charge on any atom is -0.457 e. The number of carbonyl (C=O) groups is 1. The predicted molar refractivity (Wildman–Crippen MR) is 132 cm³/mol. The van der Waals surface area contributed by atoms with Crippen molar-refractivity contribution in [2.75, 3.05) is 18.6 Å². The largest absolute Gasteiger partial charge is 0.457 e. The molecule has 8 heteroatoms. The molecule has 0 saturated carbocycles. The highest BCUT2D eigenvalue weighted by Gasteiger charge is 2.31. The third kappa shape index (κ3) is 5.56. The molecule has 1 aliphatic heterocycles. The molecule has 0 N–H and O–H groups in total.